The summed E-state index contributed by atoms with van der Waals surface area (Å²) < 4.78 is 1.64. The van der Waals surface area contributed by atoms with E-state index in [4.69, 9.17) is 0 Å². The van der Waals surface area contributed by atoms with Crippen molar-refractivity contribution >= 4 is 10.9 Å². The Morgan fingerprint density at radius 2 is 1.83 bits per heavy atom. The van der Waals surface area contributed by atoms with Gasteiger partial charge in [0.05, 0.1) is 18.2 Å². The lowest BCUT2D eigenvalue weighted by atomic mass is 9.89. The molecule has 1 heterocycles. The van der Waals surface area contributed by atoms with Gasteiger partial charge in [-0.05, 0) is 22.9 Å². The second kappa shape index (κ2) is 4.58. The zero-order valence-electron chi connectivity index (χ0n) is 11.1. The molecule has 96 valence electrons. The molecule has 0 spiro atoms. The maximum absolute atomic E-state index is 11.9. The first-order valence-electron chi connectivity index (χ1n) is 6.16. The van der Waals surface area contributed by atoms with Gasteiger partial charge in [0.2, 0.25) is 0 Å². The molecular weight excluding hydrogens is 226 g/mol. The molecule has 2 rings (SSSR count). The van der Waals surface area contributed by atoms with Crippen LogP contribution in [0.15, 0.2) is 41.2 Å². The van der Waals surface area contributed by atoms with Gasteiger partial charge in [-0.25, -0.2) is 0 Å². The van der Waals surface area contributed by atoms with Gasteiger partial charge in [0.25, 0.3) is 5.56 Å². The van der Waals surface area contributed by atoms with E-state index in [9.17, 15) is 9.90 Å². The number of pyridine rings is 1. The predicted octanol–water partition coefficient (Wildman–Crippen LogP) is 2.41. The fraction of sp³-hybridized carbons (Fsp3) is 0.400. The van der Waals surface area contributed by atoms with Gasteiger partial charge in [-0.15, -0.1) is 0 Å². The van der Waals surface area contributed by atoms with Gasteiger partial charge in [-0.3, -0.25) is 4.79 Å². The van der Waals surface area contributed by atoms with Gasteiger partial charge in [-0.1, -0.05) is 39.0 Å². The van der Waals surface area contributed by atoms with E-state index in [1.54, 1.807) is 10.6 Å². The van der Waals surface area contributed by atoms with Crippen molar-refractivity contribution in [2.45, 2.75) is 33.4 Å². The van der Waals surface area contributed by atoms with E-state index in [1.807, 2.05) is 51.1 Å². The summed E-state index contributed by atoms with van der Waals surface area (Å²) in [7, 11) is 0. The van der Waals surface area contributed by atoms with Crippen LogP contribution in [0.3, 0.4) is 0 Å². The number of para-hydroxylation sites is 1. The second-order valence-electron chi connectivity index (χ2n) is 5.72. The molecule has 0 aliphatic heterocycles. The molecular formula is C15H19NO2. The molecule has 0 amide bonds. The van der Waals surface area contributed by atoms with Gasteiger partial charge in [0, 0.05) is 6.07 Å². The fourth-order valence-electron chi connectivity index (χ4n) is 1.88. The lowest BCUT2D eigenvalue weighted by molar-refractivity contribution is 0.0483. The average molecular weight is 245 g/mol. The van der Waals surface area contributed by atoms with Crippen LogP contribution in [-0.4, -0.2) is 15.8 Å². The Bertz CT molecular complexity index is 608. The number of aliphatic hydroxyl groups excluding tert-OH is 1. The number of hydrogen-bond acceptors (Lipinski definition) is 2. The molecule has 0 aliphatic rings. The van der Waals surface area contributed by atoms with Crippen LogP contribution in [0.4, 0.5) is 0 Å². The van der Waals surface area contributed by atoms with Gasteiger partial charge < -0.3 is 9.67 Å². The Balaban J connectivity index is 2.50. The normalized spacial score (nSPS) is 13.8. The van der Waals surface area contributed by atoms with E-state index in [0.29, 0.717) is 6.54 Å². The molecule has 1 aromatic heterocycles. The summed E-state index contributed by atoms with van der Waals surface area (Å²) >= 11 is 0. The second-order valence-corrected chi connectivity index (χ2v) is 5.72. The summed E-state index contributed by atoms with van der Waals surface area (Å²) in [6.07, 6.45) is -0.555. The molecule has 0 saturated heterocycles. The van der Waals surface area contributed by atoms with Crippen molar-refractivity contribution in [1.29, 1.82) is 0 Å². The number of nitrogens with zero attached hydrogens (tertiary/aromatic N) is 1. The van der Waals surface area contributed by atoms with E-state index in [-0.39, 0.29) is 11.0 Å². The fourth-order valence-corrected chi connectivity index (χ4v) is 1.88. The van der Waals surface area contributed by atoms with Gasteiger partial charge in [0.15, 0.2) is 0 Å². The Morgan fingerprint density at radius 1 is 1.17 bits per heavy atom. The van der Waals surface area contributed by atoms with E-state index in [2.05, 4.69) is 0 Å². The zero-order valence-corrected chi connectivity index (χ0v) is 11.1. The first kappa shape index (κ1) is 12.8. The Hall–Kier alpha value is -1.61. The lowest BCUT2D eigenvalue weighted by Gasteiger charge is -2.26. The van der Waals surface area contributed by atoms with Crippen LogP contribution in [0.1, 0.15) is 20.8 Å². The average Bonchev–Trinajstić information content (AvgIpc) is 2.31. The van der Waals surface area contributed by atoms with Gasteiger partial charge in [-0.2, -0.15) is 0 Å². The highest BCUT2D eigenvalue weighted by atomic mass is 16.3. The number of aromatic nitrogens is 1. The molecule has 0 bridgehead atoms. The summed E-state index contributed by atoms with van der Waals surface area (Å²) in [5, 5.41) is 11.2. The first-order valence-corrected chi connectivity index (χ1v) is 6.16. The van der Waals surface area contributed by atoms with Crippen molar-refractivity contribution < 1.29 is 5.11 Å². The van der Waals surface area contributed by atoms with Crippen molar-refractivity contribution in [3.63, 3.8) is 0 Å². The van der Waals surface area contributed by atoms with E-state index < -0.39 is 6.10 Å². The first-order chi connectivity index (χ1) is 8.39. The monoisotopic (exact) mass is 245 g/mol. The number of aliphatic hydroxyl groups is 1. The highest BCUT2D eigenvalue weighted by molar-refractivity contribution is 5.78. The lowest BCUT2D eigenvalue weighted by Crippen LogP contribution is -2.34. The third-order valence-corrected chi connectivity index (χ3v) is 3.25. The predicted molar refractivity (Wildman–Crippen MR) is 73.7 cm³/mol. The third kappa shape index (κ3) is 2.46. The molecule has 3 nitrogen and oxygen atoms in total. The quantitative estimate of drug-likeness (QED) is 0.882. The summed E-state index contributed by atoms with van der Waals surface area (Å²) in [4.78, 5) is 11.9. The Kier molecular flexibility index (Phi) is 3.26. The van der Waals surface area contributed by atoms with Crippen molar-refractivity contribution in [1.82, 2.24) is 4.57 Å². The van der Waals surface area contributed by atoms with Crippen molar-refractivity contribution in [2.75, 3.05) is 0 Å². The SMILES string of the molecule is CC(C)(C)C(O)Cn1c(=O)ccc2ccccc21. The van der Waals surface area contributed by atoms with Gasteiger partial charge >= 0.3 is 0 Å². The van der Waals surface area contributed by atoms with Crippen molar-refractivity contribution in [2.24, 2.45) is 5.41 Å². The molecule has 1 atom stereocenters. The van der Waals surface area contributed by atoms with Crippen LogP contribution in [0.2, 0.25) is 0 Å². The summed E-state index contributed by atoms with van der Waals surface area (Å²) in [5.74, 6) is 0. The van der Waals surface area contributed by atoms with Crippen molar-refractivity contribution in [3.05, 3.63) is 46.8 Å². The number of fused-ring (bicyclic) bond motifs is 1. The van der Waals surface area contributed by atoms with Crippen LogP contribution in [0, 0.1) is 5.41 Å². The van der Waals surface area contributed by atoms with Crippen LogP contribution in [0.5, 0.6) is 0 Å². The summed E-state index contributed by atoms with van der Waals surface area (Å²) in [5.41, 5.74) is 0.557. The van der Waals surface area contributed by atoms with E-state index >= 15 is 0 Å². The molecule has 0 aliphatic carbocycles. The van der Waals surface area contributed by atoms with Crippen LogP contribution in [-0.2, 0) is 6.54 Å². The van der Waals surface area contributed by atoms with Crippen LogP contribution < -0.4 is 5.56 Å². The third-order valence-electron chi connectivity index (χ3n) is 3.25. The Labute approximate surface area is 107 Å². The molecule has 0 saturated carbocycles. The standard InChI is InChI=1S/C15H19NO2/c1-15(2,3)13(17)10-16-12-7-5-4-6-11(12)8-9-14(16)18/h4-9,13,17H,10H2,1-3H3. The maximum atomic E-state index is 11.9. The van der Waals surface area contributed by atoms with Crippen molar-refractivity contribution in [3.8, 4) is 0 Å². The minimum absolute atomic E-state index is 0.0722. The van der Waals surface area contributed by atoms with Crippen LogP contribution >= 0.6 is 0 Å². The smallest absolute Gasteiger partial charge is 0.251 e. The minimum atomic E-state index is -0.555. The molecule has 0 radical (unpaired) electrons. The largest absolute Gasteiger partial charge is 0.391 e. The number of benzene rings is 1. The van der Waals surface area contributed by atoms with Crippen LogP contribution in [0.25, 0.3) is 10.9 Å². The van der Waals surface area contributed by atoms with Gasteiger partial charge in [0.1, 0.15) is 0 Å². The highest BCUT2D eigenvalue weighted by Gasteiger charge is 2.23. The zero-order chi connectivity index (χ0) is 13.3. The molecule has 0 fully saturated rings. The summed E-state index contributed by atoms with van der Waals surface area (Å²) in [6, 6.07) is 11.1. The number of hydrogen-bond donors (Lipinski definition) is 1. The number of rotatable bonds is 2. The molecule has 1 aromatic carbocycles. The topological polar surface area (TPSA) is 42.2 Å². The Morgan fingerprint density at radius 3 is 2.50 bits per heavy atom. The van der Waals surface area contributed by atoms with E-state index in [0.717, 1.165) is 10.9 Å². The molecule has 2 aromatic rings. The maximum Gasteiger partial charge on any atom is 0.251 e. The highest BCUT2D eigenvalue weighted by Crippen LogP contribution is 2.21. The van der Waals surface area contributed by atoms with E-state index in [1.165, 1.54) is 0 Å². The molecule has 1 N–H and O–H groups in total. The molecule has 18 heavy (non-hydrogen) atoms. The molecule has 3 heteroatoms. The minimum Gasteiger partial charge on any atom is -0.391 e. The molecule has 1 unspecified atom stereocenters. The summed E-state index contributed by atoms with van der Waals surface area (Å²) in [6.45, 7) is 6.22.